The Morgan fingerprint density at radius 3 is 1.46 bits per heavy atom. The van der Waals surface area contributed by atoms with Crippen LogP contribution in [0.15, 0.2) is 0 Å². The Morgan fingerprint density at radius 1 is 0.659 bits per heavy atom. The van der Waals surface area contributed by atoms with Crippen molar-refractivity contribution in [2.75, 3.05) is 98.2 Å². The van der Waals surface area contributed by atoms with Gasteiger partial charge in [-0.15, -0.1) is 0 Å². The number of nitrogens with one attached hydrogen (secondary N) is 3. The van der Waals surface area contributed by atoms with Crippen molar-refractivity contribution >= 4 is 29.8 Å². The molecule has 0 aliphatic carbocycles. The molecule has 0 aromatic heterocycles. The van der Waals surface area contributed by atoms with Crippen LogP contribution in [0.3, 0.4) is 0 Å². The summed E-state index contributed by atoms with van der Waals surface area (Å²) in [6.07, 6.45) is 1.87. The Morgan fingerprint density at radius 2 is 1.07 bits per heavy atom. The topological polar surface area (TPSA) is 204 Å². The Balaban J connectivity index is 2.62. The summed E-state index contributed by atoms with van der Waals surface area (Å²) in [5.74, 6) is -2.80. The third-order valence-corrected chi connectivity index (χ3v) is 6.31. The molecule has 236 valence electrons. The third kappa shape index (κ3) is 19.6. The fourth-order valence-electron chi connectivity index (χ4n) is 4.15. The van der Waals surface area contributed by atoms with Crippen LogP contribution in [-0.4, -0.2) is 163 Å². The summed E-state index contributed by atoms with van der Waals surface area (Å²) in [5, 5.41) is 33.3. The highest BCUT2D eigenvalue weighted by Crippen LogP contribution is 2.02. The lowest BCUT2D eigenvalue weighted by molar-refractivity contribution is -0.140. The smallest absolute Gasteiger partial charge is 0.338 e. The van der Waals surface area contributed by atoms with E-state index in [2.05, 4.69) is 30.0 Å². The van der Waals surface area contributed by atoms with Crippen LogP contribution in [-0.2, 0) is 24.0 Å². The van der Waals surface area contributed by atoms with Crippen molar-refractivity contribution in [2.24, 2.45) is 5.92 Å². The fraction of sp³-hybridized carbons (Fsp3) is 0.800. The first-order chi connectivity index (χ1) is 19.4. The van der Waals surface area contributed by atoms with Crippen molar-refractivity contribution in [1.82, 2.24) is 35.7 Å². The first-order valence-electron chi connectivity index (χ1n) is 13.9. The van der Waals surface area contributed by atoms with Gasteiger partial charge in [0.15, 0.2) is 0 Å². The first-order valence-corrected chi connectivity index (χ1v) is 13.9. The molecule has 0 spiro atoms. The summed E-state index contributed by atoms with van der Waals surface area (Å²) in [6.45, 7) is 6.76. The summed E-state index contributed by atoms with van der Waals surface area (Å²) >= 11 is 0. The van der Waals surface area contributed by atoms with Gasteiger partial charge in [0.25, 0.3) is 0 Å². The van der Waals surface area contributed by atoms with Crippen LogP contribution in [0.25, 0.3) is 0 Å². The van der Waals surface area contributed by atoms with Gasteiger partial charge in [0, 0.05) is 65.4 Å². The maximum absolute atomic E-state index is 12.6. The molecule has 1 fully saturated rings. The van der Waals surface area contributed by atoms with Gasteiger partial charge in [-0.3, -0.25) is 43.6 Å². The average Bonchev–Trinajstić information content (AvgIpc) is 2.87. The standard InChI is InChI=1S/C25H47N7O9/c1-20(2)4-3-5-27-25(40)28-41-15-6-26-21(33)16-29-7-9-30(17-22(34)35)11-13-32(19-24(38)39)14-12-31(10-8-29)18-23(36)37/h20H,3-19H2,1-2H3,(H,26,33)(H,34,35)(H,36,37)(H,38,39)(H2,27,28,40). The molecule has 3 amide bonds. The number of hydroxylamine groups is 1. The predicted octanol–water partition coefficient (Wildman–Crippen LogP) is -1.75. The second kappa shape index (κ2) is 20.8. The number of rotatable bonds is 16. The molecule has 1 saturated heterocycles. The highest BCUT2D eigenvalue weighted by molar-refractivity contribution is 5.78. The minimum absolute atomic E-state index is 0.00325. The van der Waals surface area contributed by atoms with Gasteiger partial charge in [0.2, 0.25) is 5.91 Å². The molecule has 16 heteroatoms. The van der Waals surface area contributed by atoms with Gasteiger partial charge in [0.05, 0.1) is 32.8 Å². The minimum Gasteiger partial charge on any atom is -0.480 e. The zero-order valence-corrected chi connectivity index (χ0v) is 24.2. The second-order valence-corrected chi connectivity index (χ2v) is 10.4. The molecule has 0 radical (unpaired) electrons. The molecule has 0 unspecified atom stereocenters. The van der Waals surface area contributed by atoms with E-state index >= 15 is 0 Å². The van der Waals surface area contributed by atoms with Gasteiger partial charge < -0.3 is 26.0 Å². The maximum atomic E-state index is 12.6. The minimum atomic E-state index is -1.02. The quantitative estimate of drug-likeness (QED) is 0.0874. The monoisotopic (exact) mass is 589 g/mol. The number of carboxylic acids is 3. The number of aliphatic carboxylic acids is 3. The Labute approximate surface area is 240 Å². The Kier molecular flexibility index (Phi) is 18.2. The van der Waals surface area contributed by atoms with Crippen molar-refractivity contribution in [1.29, 1.82) is 0 Å². The molecule has 41 heavy (non-hydrogen) atoms. The number of nitrogens with zero attached hydrogens (tertiary/aromatic N) is 4. The normalized spacial score (nSPS) is 16.9. The summed E-state index contributed by atoms with van der Waals surface area (Å²) < 4.78 is 0. The number of carbonyl (C=O) groups is 5. The molecule has 6 N–H and O–H groups in total. The van der Waals surface area contributed by atoms with E-state index < -0.39 is 23.9 Å². The van der Waals surface area contributed by atoms with E-state index in [1.807, 2.05) is 4.90 Å². The van der Waals surface area contributed by atoms with Gasteiger partial charge in [0.1, 0.15) is 0 Å². The fourth-order valence-corrected chi connectivity index (χ4v) is 4.15. The molecular weight excluding hydrogens is 542 g/mol. The van der Waals surface area contributed by atoms with Crippen LogP contribution in [0.5, 0.6) is 0 Å². The largest absolute Gasteiger partial charge is 0.480 e. The molecule has 0 saturated carbocycles. The molecule has 1 rings (SSSR count). The van der Waals surface area contributed by atoms with Crippen LogP contribution < -0.4 is 16.1 Å². The molecule has 1 heterocycles. The predicted molar refractivity (Wildman–Crippen MR) is 148 cm³/mol. The van der Waals surface area contributed by atoms with E-state index in [1.54, 1.807) is 14.7 Å². The van der Waals surface area contributed by atoms with Gasteiger partial charge in [-0.1, -0.05) is 13.8 Å². The van der Waals surface area contributed by atoms with Crippen molar-refractivity contribution < 1.29 is 44.1 Å². The SMILES string of the molecule is CC(C)CCCNC(=O)NOCCNC(=O)CN1CCN(CC(=O)O)CCN(CC(=O)O)CCN(CC(=O)O)CC1. The molecule has 0 aromatic carbocycles. The van der Waals surface area contributed by atoms with Gasteiger partial charge in [-0.2, -0.15) is 0 Å². The lowest BCUT2D eigenvalue weighted by Crippen LogP contribution is -2.50. The number of urea groups is 1. The molecule has 1 aliphatic heterocycles. The first kappa shape index (κ1) is 36.0. The van der Waals surface area contributed by atoms with E-state index in [9.17, 15) is 39.3 Å². The highest BCUT2D eigenvalue weighted by atomic mass is 16.7. The zero-order chi connectivity index (χ0) is 30.6. The van der Waals surface area contributed by atoms with Crippen LogP contribution >= 0.6 is 0 Å². The average molecular weight is 590 g/mol. The van der Waals surface area contributed by atoms with Crippen LogP contribution in [0, 0.1) is 5.92 Å². The van der Waals surface area contributed by atoms with E-state index in [-0.39, 0.29) is 45.2 Å². The van der Waals surface area contributed by atoms with E-state index in [0.29, 0.717) is 64.8 Å². The Bertz CT molecular complexity index is 799. The third-order valence-electron chi connectivity index (χ3n) is 6.31. The number of carboxylic acid groups (broad SMARTS) is 3. The number of carbonyl (C=O) groups excluding carboxylic acids is 2. The summed E-state index contributed by atoms with van der Waals surface area (Å²) in [4.78, 5) is 70.3. The van der Waals surface area contributed by atoms with Crippen molar-refractivity contribution in [3.05, 3.63) is 0 Å². The van der Waals surface area contributed by atoms with E-state index in [1.165, 1.54) is 0 Å². The van der Waals surface area contributed by atoms with Crippen molar-refractivity contribution in [3.8, 4) is 0 Å². The molecule has 1 aliphatic rings. The van der Waals surface area contributed by atoms with Crippen LogP contribution in [0.2, 0.25) is 0 Å². The number of amides is 3. The molecule has 0 aromatic rings. The summed E-state index contributed by atoms with van der Waals surface area (Å²) in [5.41, 5.74) is 2.26. The van der Waals surface area contributed by atoms with Crippen LogP contribution in [0.4, 0.5) is 4.79 Å². The zero-order valence-electron chi connectivity index (χ0n) is 24.2. The summed E-state index contributed by atoms with van der Waals surface area (Å²) in [6, 6.07) is -0.456. The van der Waals surface area contributed by atoms with Gasteiger partial charge in [-0.25, -0.2) is 10.3 Å². The lowest BCUT2D eigenvalue weighted by atomic mass is 10.1. The highest BCUT2D eigenvalue weighted by Gasteiger charge is 2.21. The Hall–Kier alpha value is -3.05. The lowest BCUT2D eigenvalue weighted by Gasteiger charge is -2.32. The second-order valence-electron chi connectivity index (χ2n) is 10.4. The van der Waals surface area contributed by atoms with Gasteiger partial charge >= 0.3 is 23.9 Å². The van der Waals surface area contributed by atoms with E-state index in [0.717, 1.165) is 12.8 Å². The van der Waals surface area contributed by atoms with E-state index in [4.69, 9.17) is 4.84 Å². The van der Waals surface area contributed by atoms with Crippen molar-refractivity contribution in [3.63, 3.8) is 0 Å². The van der Waals surface area contributed by atoms with Crippen molar-refractivity contribution in [2.45, 2.75) is 26.7 Å². The maximum Gasteiger partial charge on any atom is 0.338 e. The molecule has 0 atom stereocenters. The number of hydrogen-bond donors (Lipinski definition) is 6. The number of hydrogen-bond acceptors (Lipinski definition) is 10. The molecule has 0 bridgehead atoms. The van der Waals surface area contributed by atoms with Gasteiger partial charge in [-0.05, 0) is 18.8 Å². The van der Waals surface area contributed by atoms with Crippen LogP contribution in [0.1, 0.15) is 26.7 Å². The molecular formula is C25H47N7O9. The molecule has 16 nitrogen and oxygen atoms in total. The summed E-state index contributed by atoms with van der Waals surface area (Å²) in [7, 11) is 0.